The molecule has 0 aromatic heterocycles. The van der Waals surface area contributed by atoms with Crippen LogP contribution < -0.4 is 0 Å². The van der Waals surface area contributed by atoms with Gasteiger partial charge in [-0.1, -0.05) is 42.5 Å². The second-order valence-corrected chi connectivity index (χ2v) is 7.10. The van der Waals surface area contributed by atoms with Crippen molar-refractivity contribution in [2.75, 3.05) is 13.1 Å². The molecule has 2 fully saturated rings. The van der Waals surface area contributed by atoms with E-state index in [4.69, 9.17) is 4.74 Å². The number of hydrogen-bond donors (Lipinski definition) is 1. The minimum absolute atomic E-state index is 0.110. The molecule has 2 heterocycles. The molecular weight excluding hydrogens is 302 g/mol. The first-order valence-corrected chi connectivity index (χ1v) is 8.32. The van der Waals surface area contributed by atoms with E-state index in [0.29, 0.717) is 0 Å². The van der Waals surface area contributed by atoms with Crippen LogP contribution in [0.4, 0.5) is 0 Å². The summed E-state index contributed by atoms with van der Waals surface area (Å²) in [7, 11) is 0. The highest BCUT2D eigenvalue weighted by atomic mass is 16.6. The SMILES string of the molecule is C[C@@]12CN(Cc3ccccc3)C[C@@H]1[C@@H](c1ccc(O)cc1)OC2=O. The molecule has 2 saturated heterocycles. The van der Waals surface area contributed by atoms with Gasteiger partial charge in [-0.05, 0) is 30.2 Å². The van der Waals surface area contributed by atoms with Gasteiger partial charge in [0.15, 0.2) is 0 Å². The number of hydrogen-bond acceptors (Lipinski definition) is 4. The zero-order chi connectivity index (χ0) is 16.7. The molecule has 4 rings (SSSR count). The van der Waals surface area contributed by atoms with Crippen molar-refractivity contribution < 1.29 is 14.6 Å². The van der Waals surface area contributed by atoms with E-state index in [1.54, 1.807) is 12.1 Å². The number of phenols is 1. The minimum Gasteiger partial charge on any atom is -0.508 e. The van der Waals surface area contributed by atoms with Crippen LogP contribution in [-0.4, -0.2) is 29.1 Å². The molecule has 0 radical (unpaired) electrons. The van der Waals surface area contributed by atoms with Crippen LogP contribution in [0, 0.1) is 11.3 Å². The Labute approximate surface area is 141 Å². The second-order valence-electron chi connectivity index (χ2n) is 7.10. The number of likely N-dealkylation sites (tertiary alicyclic amines) is 1. The van der Waals surface area contributed by atoms with Crippen LogP contribution in [0.1, 0.15) is 24.2 Å². The van der Waals surface area contributed by atoms with Gasteiger partial charge in [0.2, 0.25) is 0 Å². The Morgan fingerprint density at radius 2 is 1.88 bits per heavy atom. The fourth-order valence-electron chi connectivity index (χ4n) is 4.03. The lowest BCUT2D eigenvalue weighted by Gasteiger charge is -2.20. The summed E-state index contributed by atoms with van der Waals surface area (Å²) in [5.41, 5.74) is 1.75. The summed E-state index contributed by atoms with van der Waals surface area (Å²) < 4.78 is 5.71. The molecule has 2 aromatic rings. The maximum absolute atomic E-state index is 12.5. The van der Waals surface area contributed by atoms with E-state index < -0.39 is 5.41 Å². The average Bonchev–Trinajstić information content (AvgIpc) is 3.02. The van der Waals surface area contributed by atoms with Crippen molar-refractivity contribution in [3.8, 4) is 5.75 Å². The standard InChI is InChI=1S/C20H21NO3/c1-20-13-21(11-14-5-3-2-4-6-14)12-17(20)18(24-19(20)23)15-7-9-16(22)10-8-15/h2-10,17-18,22H,11-13H2,1H3/t17-,18-,20-/m1/s1. The molecular formula is C20H21NO3. The molecule has 4 heteroatoms. The first-order chi connectivity index (χ1) is 11.6. The smallest absolute Gasteiger partial charge is 0.314 e. The monoisotopic (exact) mass is 323 g/mol. The Hall–Kier alpha value is -2.33. The number of cyclic esters (lactones) is 1. The Morgan fingerprint density at radius 3 is 2.58 bits per heavy atom. The molecule has 0 saturated carbocycles. The Bertz CT molecular complexity index is 743. The zero-order valence-corrected chi connectivity index (χ0v) is 13.7. The number of nitrogens with zero attached hydrogens (tertiary/aromatic N) is 1. The first-order valence-electron chi connectivity index (χ1n) is 8.32. The quantitative estimate of drug-likeness (QED) is 0.882. The number of aromatic hydroxyl groups is 1. The van der Waals surface area contributed by atoms with Crippen LogP contribution in [0.2, 0.25) is 0 Å². The first kappa shape index (κ1) is 15.2. The van der Waals surface area contributed by atoms with Gasteiger partial charge in [0, 0.05) is 25.6 Å². The molecule has 124 valence electrons. The largest absolute Gasteiger partial charge is 0.508 e. The lowest BCUT2D eigenvalue weighted by molar-refractivity contribution is -0.148. The van der Waals surface area contributed by atoms with Crippen LogP contribution in [0.25, 0.3) is 0 Å². The fraction of sp³-hybridized carbons (Fsp3) is 0.350. The number of benzene rings is 2. The molecule has 0 amide bonds. The lowest BCUT2D eigenvalue weighted by Crippen LogP contribution is -2.31. The van der Waals surface area contributed by atoms with Crippen LogP contribution in [0.3, 0.4) is 0 Å². The highest BCUT2D eigenvalue weighted by Crippen LogP contribution is 2.51. The fourth-order valence-corrected chi connectivity index (χ4v) is 4.03. The van der Waals surface area contributed by atoms with E-state index in [1.165, 1.54) is 5.56 Å². The topological polar surface area (TPSA) is 49.8 Å². The van der Waals surface area contributed by atoms with Gasteiger partial charge in [-0.15, -0.1) is 0 Å². The Kier molecular flexibility index (Phi) is 3.57. The number of phenolic OH excluding ortho intramolecular Hbond substituents is 1. The van der Waals surface area contributed by atoms with Gasteiger partial charge in [-0.3, -0.25) is 9.69 Å². The van der Waals surface area contributed by atoms with Crippen molar-refractivity contribution in [2.45, 2.75) is 19.6 Å². The van der Waals surface area contributed by atoms with Gasteiger partial charge in [-0.25, -0.2) is 0 Å². The average molecular weight is 323 g/mol. The van der Waals surface area contributed by atoms with Gasteiger partial charge in [0.05, 0.1) is 5.41 Å². The third-order valence-corrected chi connectivity index (χ3v) is 5.36. The minimum atomic E-state index is -0.461. The second kappa shape index (κ2) is 5.64. The molecule has 0 unspecified atom stereocenters. The number of ether oxygens (including phenoxy) is 1. The van der Waals surface area contributed by atoms with Gasteiger partial charge >= 0.3 is 5.97 Å². The van der Waals surface area contributed by atoms with Crippen LogP contribution in [0.15, 0.2) is 54.6 Å². The van der Waals surface area contributed by atoms with Crippen LogP contribution >= 0.6 is 0 Å². The third-order valence-electron chi connectivity index (χ3n) is 5.36. The molecule has 0 aliphatic carbocycles. The van der Waals surface area contributed by atoms with Crippen molar-refractivity contribution in [3.05, 3.63) is 65.7 Å². The van der Waals surface area contributed by atoms with E-state index in [2.05, 4.69) is 17.0 Å². The highest BCUT2D eigenvalue weighted by molar-refractivity contribution is 5.80. The molecule has 2 aliphatic heterocycles. The van der Waals surface area contributed by atoms with Crippen molar-refractivity contribution in [1.82, 2.24) is 4.90 Å². The predicted molar refractivity (Wildman–Crippen MR) is 90.3 cm³/mol. The van der Waals surface area contributed by atoms with Crippen LogP contribution in [0.5, 0.6) is 5.75 Å². The Balaban J connectivity index is 1.57. The summed E-state index contributed by atoms with van der Waals surface area (Å²) in [5.74, 6) is 0.252. The summed E-state index contributed by atoms with van der Waals surface area (Å²) in [6, 6.07) is 17.3. The molecule has 1 N–H and O–H groups in total. The molecule has 0 bridgehead atoms. The summed E-state index contributed by atoms with van der Waals surface area (Å²) in [4.78, 5) is 14.9. The predicted octanol–water partition coefficient (Wildman–Crippen LogP) is 3.13. The van der Waals surface area contributed by atoms with Crippen molar-refractivity contribution in [1.29, 1.82) is 0 Å². The van der Waals surface area contributed by atoms with Crippen molar-refractivity contribution in [3.63, 3.8) is 0 Å². The number of carbonyl (C=O) groups is 1. The van der Waals surface area contributed by atoms with E-state index in [0.717, 1.165) is 25.2 Å². The van der Waals surface area contributed by atoms with Crippen molar-refractivity contribution >= 4 is 5.97 Å². The highest BCUT2D eigenvalue weighted by Gasteiger charge is 2.59. The molecule has 3 atom stereocenters. The maximum atomic E-state index is 12.5. The molecule has 0 spiro atoms. The van der Waals surface area contributed by atoms with Gasteiger partial charge < -0.3 is 9.84 Å². The van der Waals surface area contributed by atoms with E-state index in [-0.39, 0.29) is 23.7 Å². The van der Waals surface area contributed by atoms with Gasteiger partial charge in [-0.2, -0.15) is 0 Å². The van der Waals surface area contributed by atoms with E-state index in [9.17, 15) is 9.90 Å². The molecule has 2 aromatic carbocycles. The summed E-state index contributed by atoms with van der Waals surface area (Å²) in [6.45, 7) is 4.43. The number of fused-ring (bicyclic) bond motifs is 1. The number of esters is 1. The van der Waals surface area contributed by atoms with Crippen molar-refractivity contribution in [2.24, 2.45) is 11.3 Å². The zero-order valence-electron chi connectivity index (χ0n) is 13.7. The summed E-state index contributed by atoms with van der Waals surface area (Å²) in [6.07, 6.45) is -0.233. The van der Waals surface area contributed by atoms with Crippen LogP contribution in [-0.2, 0) is 16.1 Å². The van der Waals surface area contributed by atoms with Gasteiger partial charge in [0.25, 0.3) is 0 Å². The lowest BCUT2D eigenvalue weighted by atomic mass is 9.78. The number of rotatable bonds is 3. The molecule has 24 heavy (non-hydrogen) atoms. The summed E-state index contributed by atoms with van der Waals surface area (Å²) in [5, 5.41) is 9.48. The Morgan fingerprint density at radius 1 is 1.17 bits per heavy atom. The normalized spacial score (nSPS) is 29.5. The molecule has 2 aliphatic rings. The van der Waals surface area contributed by atoms with E-state index in [1.807, 2.05) is 37.3 Å². The molecule has 4 nitrogen and oxygen atoms in total. The number of carbonyl (C=O) groups excluding carboxylic acids is 1. The maximum Gasteiger partial charge on any atom is 0.314 e. The summed E-state index contributed by atoms with van der Waals surface area (Å²) >= 11 is 0. The van der Waals surface area contributed by atoms with E-state index >= 15 is 0 Å². The third kappa shape index (κ3) is 2.47. The van der Waals surface area contributed by atoms with Gasteiger partial charge in [0.1, 0.15) is 11.9 Å².